The van der Waals surface area contributed by atoms with Crippen LogP contribution in [0.15, 0.2) is 48.5 Å². The van der Waals surface area contributed by atoms with E-state index in [9.17, 15) is 14.9 Å². The van der Waals surface area contributed by atoms with Gasteiger partial charge in [-0.25, -0.2) is 0 Å². The Labute approximate surface area is 172 Å². The van der Waals surface area contributed by atoms with Gasteiger partial charge in [0.05, 0.1) is 9.95 Å². The molecule has 0 radical (unpaired) electrons. The van der Waals surface area contributed by atoms with Gasteiger partial charge in [0, 0.05) is 34.5 Å². The molecule has 2 aromatic carbocycles. The lowest BCUT2D eigenvalue weighted by atomic mass is 10.2. The fourth-order valence-electron chi connectivity index (χ4n) is 2.93. The average molecular weight is 418 g/mol. The first kappa shape index (κ1) is 20.3. The van der Waals surface area contributed by atoms with Crippen LogP contribution in [-0.2, 0) is 0 Å². The first-order valence-corrected chi connectivity index (χ1v) is 9.96. The molecule has 1 aromatic heterocycles. The van der Waals surface area contributed by atoms with Crippen molar-refractivity contribution in [1.82, 2.24) is 4.90 Å². The molecule has 0 atom stereocenters. The van der Waals surface area contributed by atoms with Gasteiger partial charge in [0.2, 0.25) is 0 Å². The molecule has 0 bridgehead atoms. The van der Waals surface area contributed by atoms with Crippen LogP contribution in [0.1, 0.15) is 16.1 Å². The summed E-state index contributed by atoms with van der Waals surface area (Å²) in [5, 5.41) is 12.0. The molecule has 3 rings (SSSR count). The minimum atomic E-state index is -0.452. The molecule has 0 N–H and O–H groups in total. The second-order valence-electron chi connectivity index (χ2n) is 6.63. The summed E-state index contributed by atoms with van der Waals surface area (Å²) in [5.74, 6) is -0.196. The number of nitro benzene ring substituents is 1. The largest absolute Gasteiger partial charge is 0.309 e. The highest BCUT2D eigenvalue weighted by Crippen LogP contribution is 2.38. The summed E-state index contributed by atoms with van der Waals surface area (Å²) >= 11 is 7.67. The molecule has 0 aliphatic rings. The van der Waals surface area contributed by atoms with E-state index >= 15 is 0 Å². The maximum Gasteiger partial charge on any atom is 0.270 e. The number of halogens is 1. The number of fused-ring (bicyclic) bond motifs is 1. The van der Waals surface area contributed by atoms with Gasteiger partial charge in [-0.15, -0.1) is 11.3 Å². The molecule has 0 fully saturated rings. The van der Waals surface area contributed by atoms with Crippen molar-refractivity contribution in [1.29, 1.82) is 0 Å². The topological polar surface area (TPSA) is 66.7 Å². The smallest absolute Gasteiger partial charge is 0.270 e. The second-order valence-corrected chi connectivity index (χ2v) is 8.06. The van der Waals surface area contributed by atoms with E-state index in [-0.39, 0.29) is 11.6 Å². The summed E-state index contributed by atoms with van der Waals surface area (Å²) in [5.41, 5.74) is 0.779. The number of rotatable bonds is 7. The van der Waals surface area contributed by atoms with Gasteiger partial charge >= 0.3 is 0 Å². The number of thiophene rings is 1. The Morgan fingerprint density at radius 2 is 1.86 bits per heavy atom. The minimum absolute atomic E-state index is 0.0182. The molecule has 6 nitrogen and oxygen atoms in total. The third-order valence-electron chi connectivity index (χ3n) is 4.32. The molecule has 0 saturated carbocycles. The second kappa shape index (κ2) is 8.68. The number of para-hydroxylation sites is 1. The van der Waals surface area contributed by atoms with Crippen molar-refractivity contribution >= 4 is 50.3 Å². The highest BCUT2D eigenvalue weighted by atomic mass is 35.5. The lowest BCUT2D eigenvalue weighted by molar-refractivity contribution is -0.384. The molecule has 3 aromatic rings. The quantitative estimate of drug-likeness (QED) is 0.398. The first-order valence-electron chi connectivity index (χ1n) is 8.76. The normalized spacial score (nSPS) is 11.1. The lowest BCUT2D eigenvalue weighted by Gasteiger charge is -2.23. The van der Waals surface area contributed by atoms with Crippen LogP contribution >= 0.6 is 22.9 Å². The van der Waals surface area contributed by atoms with Crippen LogP contribution in [0.3, 0.4) is 0 Å². The number of nitro groups is 1. The van der Waals surface area contributed by atoms with Crippen molar-refractivity contribution in [3.05, 3.63) is 68.5 Å². The van der Waals surface area contributed by atoms with E-state index in [2.05, 4.69) is 4.90 Å². The van der Waals surface area contributed by atoms with Gasteiger partial charge in [0.1, 0.15) is 4.88 Å². The van der Waals surface area contributed by atoms with Crippen molar-refractivity contribution in [3.63, 3.8) is 0 Å². The summed E-state index contributed by atoms with van der Waals surface area (Å²) in [6.45, 7) is 1.40. The van der Waals surface area contributed by atoms with E-state index < -0.39 is 4.92 Å². The Morgan fingerprint density at radius 1 is 1.14 bits per heavy atom. The van der Waals surface area contributed by atoms with E-state index in [4.69, 9.17) is 11.6 Å². The Bertz CT molecular complexity index is 1000. The molecular weight excluding hydrogens is 398 g/mol. The van der Waals surface area contributed by atoms with Crippen molar-refractivity contribution in [3.8, 4) is 0 Å². The molecule has 0 unspecified atom stereocenters. The Hall–Kier alpha value is -2.48. The highest BCUT2D eigenvalue weighted by molar-refractivity contribution is 7.21. The molecule has 28 heavy (non-hydrogen) atoms. The zero-order valence-electron chi connectivity index (χ0n) is 15.6. The van der Waals surface area contributed by atoms with Crippen LogP contribution in [-0.4, -0.2) is 42.9 Å². The van der Waals surface area contributed by atoms with Crippen molar-refractivity contribution < 1.29 is 9.72 Å². The Balaban J connectivity index is 1.97. The van der Waals surface area contributed by atoms with Gasteiger partial charge in [-0.1, -0.05) is 29.8 Å². The molecule has 146 valence electrons. The monoisotopic (exact) mass is 417 g/mol. The number of non-ortho nitro benzene ring substituents is 1. The van der Waals surface area contributed by atoms with E-state index in [0.717, 1.165) is 18.7 Å². The lowest BCUT2D eigenvalue weighted by Crippen LogP contribution is -2.33. The summed E-state index contributed by atoms with van der Waals surface area (Å²) in [7, 11) is 3.98. The molecule has 1 amide bonds. The number of nitrogens with zero attached hydrogens (tertiary/aromatic N) is 3. The van der Waals surface area contributed by atoms with E-state index in [1.807, 2.05) is 44.4 Å². The number of hydrogen-bond acceptors (Lipinski definition) is 5. The molecule has 0 aliphatic heterocycles. The number of benzene rings is 2. The fourth-order valence-corrected chi connectivity index (χ4v) is 4.42. The van der Waals surface area contributed by atoms with Crippen LogP contribution in [0.5, 0.6) is 0 Å². The maximum absolute atomic E-state index is 13.3. The average Bonchev–Trinajstić information content (AvgIpc) is 3.01. The van der Waals surface area contributed by atoms with Crippen LogP contribution in [0.4, 0.5) is 11.4 Å². The van der Waals surface area contributed by atoms with Crippen LogP contribution < -0.4 is 4.90 Å². The van der Waals surface area contributed by atoms with Crippen LogP contribution in [0, 0.1) is 10.1 Å². The first-order chi connectivity index (χ1) is 13.4. The summed E-state index contributed by atoms with van der Waals surface area (Å²) < 4.78 is 0.629. The number of carbonyl (C=O) groups is 1. The van der Waals surface area contributed by atoms with Gasteiger partial charge in [0.25, 0.3) is 11.6 Å². The molecular formula is C20H20ClN3O3S. The van der Waals surface area contributed by atoms with E-state index in [1.165, 1.54) is 23.5 Å². The van der Waals surface area contributed by atoms with Gasteiger partial charge in [-0.3, -0.25) is 14.9 Å². The van der Waals surface area contributed by atoms with Crippen molar-refractivity contribution in [2.24, 2.45) is 0 Å². The molecule has 0 spiro atoms. The van der Waals surface area contributed by atoms with Gasteiger partial charge in [-0.2, -0.15) is 0 Å². The predicted octanol–water partition coefficient (Wildman–Crippen LogP) is 5.06. The number of anilines is 1. The maximum atomic E-state index is 13.3. The molecule has 8 heteroatoms. The summed E-state index contributed by atoms with van der Waals surface area (Å²) in [6, 6.07) is 13.9. The molecule has 1 heterocycles. The molecule has 0 aliphatic carbocycles. The van der Waals surface area contributed by atoms with Gasteiger partial charge < -0.3 is 9.80 Å². The van der Waals surface area contributed by atoms with Crippen molar-refractivity contribution in [2.75, 3.05) is 32.1 Å². The van der Waals surface area contributed by atoms with Crippen molar-refractivity contribution in [2.45, 2.75) is 6.42 Å². The third kappa shape index (κ3) is 4.32. The SMILES string of the molecule is CN(C)CCCN(C(=O)c1sc2cc([N+](=O)[O-])ccc2c1Cl)c1ccccc1. The predicted molar refractivity (Wildman–Crippen MR) is 115 cm³/mol. The Morgan fingerprint density at radius 3 is 2.50 bits per heavy atom. The van der Waals surface area contributed by atoms with E-state index in [0.29, 0.717) is 26.5 Å². The number of amides is 1. The summed E-state index contributed by atoms with van der Waals surface area (Å²) in [6.07, 6.45) is 0.807. The van der Waals surface area contributed by atoms with Crippen LogP contribution in [0.2, 0.25) is 5.02 Å². The van der Waals surface area contributed by atoms with Gasteiger partial charge in [0.15, 0.2) is 0 Å². The third-order valence-corrected chi connectivity index (χ3v) is 5.96. The van der Waals surface area contributed by atoms with E-state index in [1.54, 1.807) is 11.0 Å². The summed E-state index contributed by atoms with van der Waals surface area (Å²) in [4.78, 5) is 28.1. The fraction of sp³-hybridized carbons (Fsp3) is 0.250. The zero-order chi connectivity index (χ0) is 20.3. The number of hydrogen-bond donors (Lipinski definition) is 0. The molecule has 0 saturated heterocycles. The van der Waals surface area contributed by atoms with Crippen LogP contribution in [0.25, 0.3) is 10.1 Å². The van der Waals surface area contributed by atoms with Gasteiger partial charge in [-0.05, 0) is 45.3 Å². The standard InChI is InChI=1S/C20H20ClN3O3S/c1-22(2)11-6-12-23(14-7-4-3-5-8-14)20(25)19-18(21)16-10-9-15(24(26)27)13-17(16)28-19/h3-5,7-10,13H,6,11-12H2,1-2H3. The Kier molecular flexibility index (Phi) is 6.28. The highest BCUT2D eigenvalue weighted by Gasteiger charge is 2.24. The minimum Gasteiger partial charge on any atom is -0.309 e. The number of carbonyl (C=O) groups excluding carboxylic acids is 1. The zero-order valence-corrected chi connectivity index (χ0v) is 17.2.